The predicted molar refractivity (Wildman–Crippen MR) is 77.8 cm³/mol. The third-order valence-electron chi connectivity index (χ3n) is 4.04. The van der Waals surface area contributed by atoms with Crippen molar-refractivity contribution in [3.63, 3.8) is 0 Å². The molecule has 0 heterocycles. The molecular formula is C15H23NS. The van der Waals surface area contributed by atoms with Gasteiger partial charge in [0.2, 0.25) is 0 Å². The quantitative estimate of drug-likeness (QED) is 0.619. The Hall–Kier alpha value is -0.630. The molecule has 2 rings (SSSR count). The fraction of sp³-hybridized carbons (Fsp3) is 0.600. The van der Waals surface area contributed by atoms with Crippen molar-refractivity contribution in [3.8, 4) is 0 Å². The van der Waals surface area contributed by atoms with E-state index in [1.807, 2.05) is 6.08 Å². The standard InChI is InChI=1S/C15H23NS/c1-11-10-15(17)14(16)9-8-12-6-4-2-3-5-7-13(11)12/h8-11,13,17H,2-7,16H2,1H3. The smallest absolute Gasteiger partial charge is 0.0446 e. The van der Waals surface area contributed by atoms with Gasteiger partial charge in [0.25, 0.3) is 0 Å². The highest BCUT2D eigenvalue weighted by Crippen LogP contribution is 2.35. The van der Waals surface area contributed by atoms with E-state index in [4.69, 9.17) is 5.73 Å². The van der Waals surface area contributed by atoms with Crippen molar-refractivity contribution in [1.82, 2.24) is 0 Å². The summed E-state index contributed by atoms with van der Waals surface area (Å²) in [5.41, 5.74) is 8.37. The van der Waals surface area contributed by atoms with Crippen LogP contribution >= 0.6 is 12.6 Å². The van der Waals surface area contributed by atoms with Gasteiger partial charge in [-0.3, -0.25) is 0 Å². The summed E-state index contributed by atoms with van der Waals surface area (Å²) in [5, 5.41) is 0. The fourth-order valence-corrected chi connectivity index (χ4v) is 3.28. The maximum absolute atomic E-state index is 5.97. The second-order valence-corrected chi connectivity index (χ2v) is 5.82. The van der Waals surface area contributed by atoms with Gasteiger partial charge in [-0.1, -0.05) is 43.9 Å². The molecule has 94 valence electrons. The monoisotopic (exact) mass is 249 g/mol. The number of nitrogens with two attached hydrogens (primary N) is 1. The van der Waals surface area contributed by atoms with Crippen molar-refractivity contribution in [2.45, 2.75) is 45.4 Å². The van der Waals surface area contributed by atoms with E-state index in [0.29, 0.717) is 11.8 Å². The van der Waals surface area contributed by atoms with E-state index in [1.54, 1.807) is 5.57 Å². The van der Waals surface area contributed by atoms with Gasteiger partial charge in [0.15, 0.2) is 0 Å². The molecule has 2 heteroatoms. The van der Waals surface area contributed by atoms with E-state index in [0.717, 1.165) is 10.6 Å². The van der Waals surface area contributed by atoms with Crippen LogP contribution in [0.4, 0.5) is 0 Å². The van der Waals surface area contributed by atoms with Crippen LogP contribution < -0.4 is 5.73 Å². The topological polar surface area (TPSA) is 26.0 Å². The number of fused-ring (bicyclic) bond motifs is 1. The Morgan fingerprint density at radius 2 is 1.94 bits per heavy atom. The number of thiol groups is 1. The molecule has 0 aromatic carbocycles. The van der Waals surface area contributed by atoms with Gasteiger partial charge in [0, 0.05) is 10.6 Å². The molecule has 0 saturated heterocycles. The average molecular weight is 249 g/mol. The maximum Gasteiger partial charge on any atom is 0.0446 e. The molecule has 0 aromatic heterocycles. The van der Waals surface area contributed by atoms with Gasteiger partial charge in [-0.15, -0.1) is 12.6 Å². The molecule has 1 nitrogen and oxygen atoms in total. The first-order valence-electron chi connectivity index (χ1n) is 6.76. The van der Waals surface area contributed by atoms with E-state index in [-0.39, 0.29) is 0 Å². The number of hydrogen-bond acceptors (Lipinski definition) is 2. The highest BCUT2D eigenvalue weighted by molar-refractivity contribution is 7.84. The van der Waals surface area contributed by atoms with Gasteiger partial charge in [0.1, 0.15) is 0 Å². The molecule has 2 atom stereocenters. The number of rotatable bonds is 0. The Bertz CT molecular complexity index is 365. The van der Waals surface area contributed by atoms with E-state index < -0.39 is 0 Å². The summed E-state index contributed by atoms with van der Waals surface area (Å²) in [5.74, 6) is 1.25. The minimum absolute atomic E-state index is 0.555. The van der Waals surface area contributed by atoms with Gasteiger partial charge in [0.05, 0.1) is 0 Å². The molecule has 0 radical (unpaired) electrons. The second kappa shape index (κ2) is 5.81. The van der Waals surface area contributed by atoms with Crippen molar-refractivity contribution in [3.05, 3.63) is 34.4 Å². The Balaban J connectivity index is 2.30. The van der Waals surface area contributed by atoms with Crippen LogP contribution in [0.5, 0.6) is 0 Å². The summed E-state index contributed by atoms with van der Waals surface area (Å²) in [6.45, 7) is 2.30. The molecule has 0 bridgehead atoms. The summed E-state index contributed by atoms with van der Waals surface area (Å²) in [7, 11) is 0. The molecule has 0 amide bonds. The second-order valence-electron chi connectivity index (χ2n) is 5.33. The van der Waals surface area contributed by atoms with Crippen LogP contribution in [0.1, 0.15) is 45.4 Å². The third kappa shape index (κ3) is 3.19. The third-order valence-corrected chi connectivity index (χ3v) is 4.44. The first-order valence-corrected chi connectivity index (χ1v) is 7.20. The van der Waals surface area contributed by atoms with Gasteiger partial charge >= 0.3 is 0 Å². The lowest BCUT2D eigenvalue weighted by Crippen LogP contribution is -2.17. The van der Waals surface area contributed by atoms with Gasteiger partial charge in [-0.05, 0) is 37.2 Å². The maximum atomic E-state index is 5.97. The summed E-state index contributed by atoms with van der Waals surface area (Å²) in [6.07, 6.45) is 14.6. The molecule has 1 saturated carbocycles. The minimum Gasteiger partial charge on any atom is -0.398 e. The normalized spacial score (nSPS) is 30.8. The lowest BCUT2D eigenvalue weighted by Gasteiger charge is -2.28. The van der Waals surface area contributed by atoms with E-state index in [1.165, 1.54) is 38.5 Å². The van der Waals surface area contributed by atoms with Gasteiger partial charge in [-0.25, -0.2) is 0 Å². The van der Waals surface area contributed by atoms with Crippen LogP contribution in [0.25, 0.3) is 0 Å². The fourth-order valence-electron chi connectivity index (χ4n) is 2.97. The van der Waals surface area contributed by atoms with Crippen molar-refractivity contribution in [2.24, 2.45) is 17.6 Å². The van der Waals surface area contributed by atoms with Crippen LogP contribution in [0.2, 0.25) is 0 Å². The summed E-state index contributed by atoms with van der Waals surface area (Å²) < 4.78 is 0. The summed E-state index contributed by atoms with van der Waals surface area (Å²) >= 11 is 4.48. The zero-order chi connectivity index (χ0) is 12.3. The molecule has 0 aliphatic heterocycles. The number of allylic oxidation sites excluding steroid dienone is 4. The Morgan fingerprint density at radius 1 is 1.18 bits per heavy atom. The molecule has 2 aliphatic rings. The Labute approximate surface area is 110 Å². The highest BCUT2D eigenvalue weighted by atomic mass is 32.1. The first-order chi connectivity index (χ1) is 8.18. The lowest BCUT2D eigenvalue weighted by molar-refractivity contribution is 0.394. The molecule has 2 aliphatic carbocycles. The van der Waals surface area contributed by atoms with E-state index >= 15 is 0 Å². The zero-order valence-electron chi connectivity index (χ0n) is 10.7. The largest absolute Gasteiger partial charge is 0.398 e. The zero-order valence-corrected chi connectivity index (χ0v) is 11.5. The summed E-state index contributed by atoms with van der Waals surface area (Å²) in [6, 6.07) is 0. The molecule has 2 unspecified atom stereocenters. The molecule has 17 heavy (non-hydrogen) atoms. The average Bonchev–Trinajstić information content (AvgIpc) is 2.26. The van der Waals surface area contributed by atoms with Crippen LogP contribution in [0.3, 0.4) is 0 Å². The lowest BCUT2D eigenvalue weighted by atomic mass is 9.78. The summed E-state index contributed by atoms with van der Waals surface area (Å²) in [4.78, 5) is 0.940. The van der Waals surface area contributed by atoms with E-state index in [2.05, 4.69) is 31.7 Å². The SMILES string of the molecule is CC1C=C(S)C(N)=CC=C2CCCCCCC21. The van der Waals surface area contributed by atoms with Crippen molar-refractivity contribution in [1.29, 1.82) is 0 Å². The van der Waals surface area contributed by atoms with Crippen molar-refractivity contribution in [2.75, 3.05) is 0 Å². The Kier molecular flexibility index (Phi) is 4.38. The van der Waals surface area contributed by atoms with E-state index in [9.17, 15) is 0 Å². The van der Waals surface area contributed by atoms with Crippen LogP contribution in [0, 0.1) is 11.8 Å². The number of hydrogen-bond donors (Lipinski definition) is 2. The predicted octanol–water partition coefficient (Wildman–Crippen LogP) is 4.19. The minimum atomic E-state index is 0.555. The first kappa shape index (κ1) is 12.8. The van der Waals surface area contributed by atoms with Gasteiger partial charge < -0.3 is 5.73 Å². The molecule has 0 aromatic rings. The van der Waals surface area contributed by atoms with Crippen molar-refractivity contribution >= 4 is 12.6 Å². The molecule has 2 N–H and O–H groups in total. The van der Waals surface area contributed by atoms with Crippen LogP contribution in [0.15, 0.2) is 34.4 Å². The van der Waals surface area contributed by atoms with Crippen LogP contribution in [-0.4, -0.2) is 0 Å². The molecular weight excluding hydrogens is 226 g/mol. The van der Waals surface area contributed by atoms with Crippen LogP contribution in [-0.2, 0) is 0 Å². The molecule has 0 spiro atoms. The Morgan fingerprint density at radius 3 is 2.76 bits per heavy atom. The van der Waals surface area contributed by atoms with Crippen molar-refractivity contribution < 1.29 is 0 Å². The molecule has 1 fully saturated rings. The van der Waals surface area contributed by atoms with Gasteiger partial charge in [-0.2, -0.15) is 0 Å². The highest BCUT2D eigenvalue weighted by Gasteiger charge is 2.22.